The summed E-state index contributed by atoms with van der Waals surface area (Å²) >= 11 is 1.65. The normalized spacial score (nSPS) is 10.6. The van der Waals surface area contributed by atoms with Crippen molar-refractivity contribution in [1.82, 2.24) is 10.3 Å². The Hall–Kier alpha value is -1.68. The Balaban J connectivity index is 1.67. The van der Waals surface area contributed by atoms with Gasteiger partial charge in [0.1, 0.15) is 0 Å². The first kappa shape index (κ1) is 15.7. The zero-order valence-corrected chi connectivity index (χ0v) is 13.5. The fraction of sp³-hybridized carbons (Fsp3) is 0.412. The fourth-order valence-electron chi connectivity index (χ4n) is 2.11. The molecule has 4 heteroatoms. The van der Waals surface area contributed by atoms with Crippen molar-refractivity contribution < 1.29 is 4.79 Å². The highest BCUT2D eigenvalue weighted by molar-refractivity contribution is 7.09. The number of aryl methyl sites for hydroxylation is 3. The Morgan fingerprint density at radius 3 is 2.52 bits per heavy atom. The highest BCUT2D eigenvalue weighted by atomic mass is 32.1. The molecule has 1 heterocycles. The van der Waals surface area contributed by atoms with E-state index in [1.165, 1.54) is 11.1 Å². The third-order valence-corrected chi connectivity index (χ3v) is 4.43. The van der Waals surface area contributed by atoms with Gasteiger partial charge in [-0.2, -0.15) is 0 Å². The molecule has 1 aromatic heterocycles. The number of carbonyl (C=O) groups is 1. The van der Waals surface area contributed by atoms with Crippen LogP contribution in [0.4, 0.5) is 0 Å². The lowest BCUT2D eigenvalue weighted by Gasteiger charge is -2.05. The van der Waals surface area contributed by atoms with E-state index in [-0.39, 0.29) is 5.91 Å². The predicted molar refractivity (Wildman–Crippen MR) is 87.7 cm³/mol. The molecule has 0 saturated carbocycles. The fourth-order valence-corrected chi connectivity index (χ4v) is 2.89. The number of amides is 1. The second-order valence-electron chi connectivity index (χ2n) is 5.15. The lowest BCUT2D eigenvalue weighted by molar-refractivity contribution is -0.121. The maximum atomic E-state index is 11.8. The minimum Gasteiger partial charge on any atom is -0.356 e. The van der Waals surface area contributed by atoms with Crippen molar-refractivity contribution in [3.8, 4) is 0 Å². The number of rotatable bonds is 7. The van der Waals surface area contributed by atoms with E-state index in [0.29, 0.717) is 13.0 Å². The minimum absolute atomic E-state index is 0.114. The Morgan fingerprint density at radius 1 is 1.19 bits per heavy atom. The smallest absolute Gasteiger partial charge is 0.220 e. The molecule has 0 aliphatic rings. The van der Waals surface area contributed by atoms with E-state index in [2.05, 4.69) is 41.5 Å². The third kappa shape index (κ3) is 5.31. The number of hydrogen-bond acceptors (Lipinski definition) is 3. The molecule has 0 atom stereocenters. The molecule has 0 radical (unpaired) electrons. The van der Waals surface area contributed by atoms with Crippen LogP contribution in [0.15, 0.2) is 29.6 Å². The summed E-state index contributed by atoms with van der Waals surface area (Å²) < 4.78 is 0. The van der Waals surface area contributed by atoms with Crippen LogP contribution in [0.2, 0.25) is 0 Å². The van der Waals surface area contributed by atoms with Gasteiger partial charge in [-0.25, -0.2) is 4.98 Å². The van der Waals surface area contributed by atoms with Crippen molar-refractivity contribution in [2.75, 3.05) is 6.54 Å². The highest BCUT2D eigenvalue weighted by Gasteiger charge is 2.03. The molecular formula is C17H22N2OS. The Labute approximate surface area is 130 Å². The molecule has 1 amide bonds. The summed E-state index contributed by atoms with van der Waals surface area (Å²) in [6, 6.07) is 8.50. The Bertz CT molecular complexity index is 575. The standard InChI is InChI=1S/C17H22N2OS/c1-3-14-4-6-15(7-5-14)8-9-16(20)18-11-10-17-19-13(2)12-21-17/h4-7,12H,3,8-11H2,1-2H3,(H,18,20). The van der Waals surface area contributed by atoms with Crippen LogP contribution in [0.3, 0.4) is 0 Å². The van der Waals surface area contributed by atoms with E-state index >= 15 is 0 Å². The summed E-state index contributed by atoms with van der Waals surface area (Å²) in [5.74, 6) is 0.114. The second-order valence-corrected chi connectivity index (χ2v) is 6.10. The number of nitrogens with one attached hydrogen (secondary N) is 1. The summed E-state index contributed by atoms with van der Waals surface area (Å²) in [7, 11) is 0. The lowest BCUT2D eigenvalue weighted by Crippen LogP contribution is -2.25. The van der Waals surface area contributed by atoms with Crippen LogP contribution in [0.5, 0.6) is 0 Å². The first-order chi connectivity index (χ1) is 10.2. The SMILES string of the molecule is CCc1ccc(CCC(=O)NCCc2nc(C)cs2)cc1. The third-order valence-electron chi connectivity index (χ3n) is 3.40. The van der Waals surface area contributed by atoms with Gasteiger partial charge in [0.2, 0.25) is 5.91 Å². The van der Waals surface area contributed by atoms with E-state index in [4.69, 9.17) is 0 Å². The van der Waals surface area contributed by atoms with Crippen LogP contribution >= 0.6 is 11.3 Å². The summed E-state index contributed by atoms with van der Waals surface area (Å²) in [5.41, 5.74) is 3.61. The monoisotopic (exact) mass is 302 g/mol. The van der Waals surface area contributed by atoms with E-state index in [1.54, 1.807) is 11.3 Å². The molecule has 1 N–H and O–H groups in total. The topological polar surface area (TPSA) is 42.0 Å². The summed E-state index contributed by atoms with van der Waals surface area (Å²) in [4.78, 5) is 16.2. The number of carbonyl (C=O) groups excluding carboxylic acids is 1. The maximum Gasteiger partial charge on any atom is 0.220 e. The average Bonchev–Trinajstić information content (AvgIpc) is 2.91. The number of thiazole rings is 1. The van der Waals surface area contributed by atoms with E-state index < -0.39 is 0 Å². The number of nitrogens with zero attached hydrogens (tertiary/aromatic N) is 1. The first-order valence-corrected chi connectivity index (χ1v) is 8.31. The molecule has 1 aromatic carbocycles. The average molecular weight is 302 g/mol. The van der Waals surface area contributed by atoms with Crippen LogP contribution in [-0.4, -0.2) is 17.4 Å². The van der Waals surface area contributed by atoms with Crippen LogP contribution in [0, 0.1) is 6.92 Å². The van der Waals surface area contributed by atoms with Crippen molar-refractivity contribution in [2.45, 2.75) is 39.5 Å². The Kier molecular flexibility index (Phi) is 5.93. The molecule has 0 fully saturated rings. The van der Waals surface area contributed by atoms with Gasteiger partial charge in [-0.15, -0.1) is 11.3 Å². The lowest BCUT2D eigenvalue weighted by atomic mass is 10.1. The number of aromatic nitrogens is 1. The van der Waals surface area contributed by atoms with Crippen molar-refractivity contribution in [1.29, 1.82) is 0 Å². The molecule has 2 rings (SSSR count). The van der Waals surface area contributed by atoms with E-state index in [1.807, 2.05) is 12.3 Å². The molecule has 0 unspecified atom stereocenters. The first-order valence-electron chi connectivity index (χ1n) is 7.43. The van der Waals surface area contributed by atoms with Crippen molar-refractivity contribution >= 4 is 17.2 Å². The molecular weight excluding hydrogens is 280 g/mol. The maximum absolute atomic E-state index is 11.8. The number of hydrogen-bond donors (Lipinski definition) is 1. The predicted octanol–water partition coefficient (Wildman–Crippen LogP) is 3.31. The molecule has 0 bridgehead atoms. The van der Waals surface area contributed by atoms with Gasteiger partial charge in [0.15, 0.2) is 0 Å². The van der Waals surface area contributed by atoms with Gasteiger partial charge < -0.3 is 5.32 Å². The Morgan fingerprint density at radius 2 is 1.90 bits per heavy atom. The largest absolute Gasteiger partial charge is 0.356 e. The van der Waals surface area contributed by atoms with Gasteiger partial charge in [0.05, 0.1) is 5.01 Å². The van der Waals surface area contributed by atoms with Gasteiger partial charge in [-0.1, -0.05) is 31.2 Å². The second kappa shape index (κ2) is 7.93. The van der Waals surface area contributed by atoms with Crippen molar-refractivity contribution in [3.05, 3.63) is 51.5 Å². The molecule has 0 spiro atoms. The molecule has 21 heavy (non-hydrogen) atoms. The molecule has 112 valence electrons. The van der Waals surface area contributed by atoms with E-state index in [0.717, 1.165) is 30.0 Å². The van der Waals surface area contributed by atoms with Crippen LogP contribution in [0.1, 0.15) is 35.2 Å². The molecule has 0 aliphatic carbocycles. The molecule has 3 nitrogen and oxygen atoms in total. The van der Waals surface area contributed by atoms with Gasteiger partial charge >= 0.3 is 0 Å². The molecule has 0 aliphatic heterocycles. The van der Waals surface area contributed by atoms with Gasteiger partial charge in [0, 0.05) is 30.5 Å². The molecule has 0 saturated heterocycles. The molecule has 2 aromatic rings. The van der Waals surface area contributed by atoms with Crippen molar-refractivity contribution in [2.24, 2.45) is 0 Å². The minimum atomic E-state index is 0.114. The highest BCUT2D eigenvalue weighted by Crippen LogP contribution is 2.09. The zero-order chi connectivity index (χ0) is 15.1. The number of benzene rings is 1. The quantitative estimate of drug-likeness (QED) is 0.852. The van der Waals surface area contributed by atoms with E-state index in [9.17, 15) is 4.79 Å². The van der Waals surface area contributed by atoms with Crippen LogP contribution in [-0.2, 0) is 24.1 Å². The van der Waals surface area contributed by atoms with Crippen molar-refractivity contribution in [3.63, 3.8) is 0 Å². The zero-order valence-electron chi connectivity index (χ0n) is 12.7. The van der Waals surface area contributed by atoms with Gasteiger partial charge in [0.25, 0.3) is 0 Å². The van der Waals surface area contributed by atoms with Gasteiger partial charge in [-0.05, 0) is 30.9 Å². The summed E-state index contributed by atoms with van der Waals surface area (Å²) in [6.45, 7) is 4.80. The van der Waals surface area contributed by atoms with Crippen LogP contribution in [0.25, 0.3) is 0 Å². The summed E-state index contributed by atoms with van der Waals surface area (Å²) in [5, 5.41) is 6.09. The summed E-state index contributed by atoms with van der Waals surface area (Å²) in [6.07, 6.45) is 3.21. The van der Waals surface area contributed by atoms with Gasteiger partial charge in [-0.3, -0.25) is 4.79 Å². The van der Waals surface area contributed by atoms with Crippen LogP contribution < -0.4 is 5.32 Å².